The van der Waals surface area contributed by atoms with E-state index < -0.39 is 31.0 Å². The van der Waals surface area contributed by atoms with Crippen LogP contribution in [0.15, 0.2) is 36.4 Å². The Bertz CT molecular complexity index is 978. The molecular formula is C19H16F3N3O4. The van der Waals surface area contributed by atoms with Gasteiger partial charge in [0.15, 0.2) is 11.5 Å². The van der Waals surface area contributed by atoms with E-state index in [9.17, 15) is 22.8 Å². The molecule has 0 saturated carbocycles. The summed E-state index contributed by atoms with van der Waals surface area (Å²) in [5.74, 6) is -0.295. The molecule has 2 heterocycles. The normalized spacial score (nSPS) is 16.0. The third-order valence-electron chi connectivity index (χ3n) is 4.35. The molecule has 0 spiro atoms. The first-order chi connectivity index (χ1) is 13.8. The Kier molecular flexibility index (Phi) is 4.69. The van der Waals surface area contributed by atoms with Gasteiger partial charge in [0.05, 0.1) is 11.4 Å². The minimum Gasteiger partial charge on any atom is -0.486 e. The Balaban J connectivity index is 1.76. The molecule has 7 nitrogen and oxygen atoms in total. The number of anilines is 4. The molecular weight excluding hydrogens is 391 g/mol. The lowest BCUT2D eigenvalue weighted by Gasteiger charge is -2.27. The Morgan fingerprint density at radius 3 is 2.69 bits per heavy atom. The van der Waals surface area contributed by atoms with Gasteiger partial charge in [0, 0.05) is 5.69 Å². The summed E-state index contributed by atoms with van der Waals surface area (Å²) < 4.78 is 48.7. The molecule has 29 heavy (non-hydrogen) atoms. The van der Waals surface area contributed by atoms with Crippen molar-refractivity contribution in [3.8, 4) is 11.5 Å². The smallest absolute Gasteiger partial charge is 0.405 e. The van der Waals surface area contributed by atoms with Crippen molar-refractivity contribution in [3.63, 3.8) is 0 Å². The van der Waals surface area contributed by atoms with E-state index in [1.165, 1.54) is 23.1 Å². The highest BCUT2D eigenvalue weighted by molar-refractivity contribution is 6.18. The van der Waals surface area contributed by atoms with Crippen molar-refractivity contribution in [2.24, 2.45) is 0 Å². The molecule has 0 fully saturated rings. The van der Waals surface area contributed by atoms with Crippen molar-refractivity contribution in [2.45, 2.75) is 12.6 Å². The number of carbonyl (C=O) groups is 2. The fourth-order valence-corrected chi connectivity index (χ4v) is 3.19. The number of nitrogens with one attached hydrogen (secondary N) is 2. The van der Waals surface area contributed by atoms with Gasteiger partial charge in [-0.15, -0.1) is 0 Å². The first kappa shape index (κ1) is 18.9. The molecule has 0 bridgehead atoms. The van der Waals surface area contributed by atoms with Crippen molar-refractivity contribution in [1.82, 2.24) is 0 Å². The molecule has 0 atom stereocenters. The number of rotatable bonds is 3. The van der Waals surface area contributed by atoms with Crippen LogP contribution in [0.1, 0.15) is 6.42 Å². The largest absolute Gasteiger partial charge is 0.486 e. The zero-order valence-corrected chi connectivity index (χ0v) is 15.0. The summed E-state index contributed by atoms with van der Waals surface area (Å²) in [6.45, 7) is -0.570. The summed E-state index contributed by atoms with van der Waals surface area (Å²) in [5, 5.41) is 4.96. The van der Waals surface area contributed by atoms with E-state index in [1.54, 1.807) is 18.2 Å². The van der Waals surface area contributed by atoms with Crippen molar-refractivity contribution in [3.05, 3.63) is 36.4 Å². The highest BCUT2D eigenvalue weighted by atomic mass is 19.4. The van der Waals surface area contributed by atoms with Crippen molar-refractivity contribution < 1.29 is 32.2 Å². The van der Waals surface area contributed by atoms with Crippen LogP contribution in [0, 0.1) is 0 Å². The lowest BCUT2D eigenvalue weighted by Crippen LogP contribution is -2.26. The Hall–Kier alpha value is -3.43. The maximum atomic E-state index is 12.8. The summed E-state index contributed by atoms with van der Waals surface area (Å²) in [7, 11) is 0. The summed E-state index contributed by atoms with van der Waals surface area (Å²) in [6.07, 6.45) is -4.81. The second-order valence-electron chi connectivity index (χ2n) is 6.46. The van der Waals surface area contributed by atoms with Crippen LogP contribution in [-0.4, -0.2) is 37.7 Å². The van der Waals surface area contributed by atoms with Crippen LogP contribution in [0.2, 0.25) is 0 Å². The average Bonchev–Trinajstić information content (AvgIpc) is 2.80. The maximum Gasteiger partial charge on any atom is 0.405 e. The molecule has 0 unspecified atom stereocenters. The average molecular weight is 407 g/mol. The van der Waals surface area contributed by atoms with Crippen LogP contribution in [0.5, 0.6) is 11.5 Å². The second-order valence-corrected chi connectivity index (χ2v) is 6.46. The SMILES string of the molecule is O=C1CC(=O)N(c2cccc(NCC(F)(F)F)c2)c2ccc3c(c2N1)OCCO3. The molecule has 0 aliphatic carbocycles. The number of alkyl halides is 3. The van der Waals surface area contributed by atoms with Crippen molar-refractivity contribution in [1.29, 1.82) is 0 Å². The minimum atomic E-state index is -4.38. The Labute approximate surface area is 163 Å². The number of benzene rings is 2. The van der Waals surface area contributed by atoms with Crippen LogP contribution in [0.3, 0.4) is 0 Å². The van der Waals surface area contributed by atoms with Gasteiger partial charge in [-0.1, -0.05) is 6.07 Å². The zero-order valence-electron chi connectivity index (χ0n) is 15.0. The molecule has 0 radical (unpaired) electrons. The summed E-state index contributed by atoms with van der Waals surface area (Å²) in [4.78, 5) is 26.3. The quantitative estimate of drug-likeness (QED) is 0.762. The molecule has 0 saturated heterocycles. The minimum absolute atomic E-state index is 0.190. The predicted octanol–water partition coefficient (Wildman–Crippen LogP) is 3.44. The Morgan fingerprint density at radius 2 is 1.90 bits per heavy atom. The van der Waals surface area contributed by atoms with Crippen LogP contribution in [0.4, 0.5) is 35.9 Å². The van der Waals surface area contributed by atoms with E-state index in [1.807, 2.05) is 0 Å². The highest BCUT2D eigenvalue weighted by Gasteiger charge is 2.32. The maximum absolute atomic E-state index is 12.8. The third-order valence-corrected chi connectivity index (χ3v) is 4.35. The third kappa shape index (κ3) is 3.91. The predicted molar refractivity (Wildman–Crippen MR) is 98.8 cm³/mol. The summed E-state index contributed by atoms with van der Waals surface area (Å²) in [5.41, 5.74) is 1.14. The zero-order chi connectivity index (χ0) is 20.6. The summed E-state index contributed by atoms with van der Waals surface area (Å²) in [6, 6.07) is 9.21. The van der Waals surface area contributed by atoms with Gasteiger partial charge in [-0.25, -0.2) is 0 Å². The standard InChI is InChI=1S/C19H16F3N3O4/c20-19(21,22)10-23-11-2-1-3-12(8-11)25-13-4-5-14-18(29-7-6-28-14)17(13)24-15(26)9-16(25)27/h1-5,8,23H,6-7,9-10H2,(H,24,26). The number of hydrogen-bond acceptors (Lipinski definition) is 5. The van der Waals surface area contributed by atoms with Gasteiger partial charge in [-0.3, -0.25) is 14.5 Å². The molecule has 2 amide bonds. The lowest BCUT2D eigenvalue weighted by molar-refractivity contribution is -0.124. The fourth-order valence-electron chi connectivity index (χ4n) is 3.19. The van der Waals surface area contributed by atoms with Gasteiger partial charge in [0.1, 0.15) is 31.9 Å². The molecule has 2 aliphatic rings. The van der Waals surface area contributed by atoms with E-state index in [-0.39, 0.29) is 18.0 Å². The van der Waals surface area contributed by atoms with E-state index in [0.717, 1.165) is 0 Å². The van der Waals surface area contributed by atoms with Crippen molar-refractivity contribution >= 4 is 34.6 Å². The number of ether oxygens (including phenoxy) is 2. The van der Waals surface area contributed by atoms with E-state index in [4.69, 9.17) is 9.47 Å². The second kappa shape index (κ2) is 7.19. The molecule has 2 aromatic rings. The highest BCUT2D eigenvalue weighted by Crippen LogP contribution is 2.47. The van der Waals surface area contributed by atoms with Gasteiger partial charge in [0.25, 0.3) is 0 Å². The van der Waals surface area contributed by atoms with E-state index in [2.05, 4.69) is 10.6 Å². The lowest BCUT2D eigenvalue weighted by atomic mass is 10.1. The van der Waals surface area contributed by atoms with E-state index >= 15 is 0 Å². The molecule has 4 rings (SSSR count). The number of nitrogens with zero attached hydrogens (tertiary/aromatic N) is 1. The number of fused-ring (bicyclic) bond motifs is 3. The topological polar surface area (TPSA) is 79.9 Å². The van der Waals surface area contributed by atoms with Crippen LogP contribution in [0.25, 0.3) is 0 Å². The molecule has 2 aliphatic heterocycles. The summed E-state index contributed by atoms with van der Waals surface area (Å²) >= 11 is 0. The van der Waals surface area contributed by atoms with Gasteiger partial charge in [0.2, 0.25) is 11.8 Å². The van der Waals surface area contributed by atoms with E-state index in [0.29, 0.717) is 29.5 Å². The number of amides is 2. The first-order valence-corrected chi connectivity index (χ1v) is 8.78. The van der Waals surface area contributed by atoms with Crippen LogP contribution >= 0.6 is 0 Å². The number of carbonyl (C=O) groups excluding carboxylic acids is 2. The Morgan fingerprint density at radius 1 is 1.10 bits per heavy atom. The first-order valence-electron chi connectivity index (χ1n) is 8.78. The molecule has 2 aromatic carbocycles. The van der Waals surface area contributed by atoms with Crippen LogP contribution < -0.4 is 25.0 Å². The molecule has 2 N–H and O–H groups in total. The number of halogens is 3. The van der Waals surface area contributed by atoms with Gasteiger partial charge < -0.3 is 20.1 Å². The number of hydrogen-bond donors (Lipinski definition) is 2. The molecule has 152 valence electrons. The molecule has 10 heteroatoms. The van der Waals surface area contributed by atoms with Crippen LogP contribution in [-0.2, 0) is 9.59 Å². The monoisotopic (exact) mass is 407 g/mol. The van der Waals surface area contributed by atoms with Crippen molar-refractivity contribution in [2.75, 3.05) is 35.3 Å². The van der Waals surface area contributed by atoms with Gasteiger partial charge in [-0.2, -0.15) is 13.2 Å². The van der Waals surface area contributed by atoms with Gasteiger partial charge in [-0.05, 0) is 30.3 Å². The molecule has 0 aromatic heterocycles. The fraction of sp³-hybridized carbons (Fsp3) is 0.263. The van der Waals surface area contributed by atoms with Gasteiger partial charge >= 0.3 is 6.18 Å².